The highest BCUT2D eigenvalue weighted by atomic mass is 16.5. The first kappa shape index (κ1) is 12.7. The summed E-state index contributed by atoms with van der Waals surface area (Å²) in [5, 5.41) is 12.7. The van der Waals surface area contributed by atoms with E-state index in [0.29, 0.717) is 6.54 Å². The van der Waals surface area contributed by atoms with Gasteiger partial charge in [0.25, 0.3) is 0 Å². The van der Waals surface area contributed by atoms with Crippen molar-refractivity contribution < 1.29 is 14.6 Å². The first-order valence-electron chi connectivity index (χ1n) is 5.12. The smallest absolute Gasteiger partial charge is 0.338 e. The number of carbonyl (C=O) groups excluding carboxylic acids is 1. The average Bonchev–Trinajstić information content (AvgIpc) is 2.29. The third-order valence-corrected chi connectivity index (χ3v) is 2.27. The van der Waals surface area contributed by atoms with Gasteiger partial charge in [-0.1, -0.05) is 30.3 Å². The van der Waals surface area contributed by atoms with Gasteiger partial charge < -0.3 is 15.2 Å². The van der Waals surface area contributed by atoms with Gasteiger partial charge in [0.05, 0.1) is 7.11 Å². The number of aliphatic hydroxyl groups is 1. The summed E-state index contributed by atoms with van der Waals surface area (Å²) in [6.07, 6.45) is 0. The molecule has 0 heterocycles. The highest BCUT2D eigenvalue weighted by Gasteiger charge is 2.30. The van der Waals surface area contributed by atoms with Crippen LogP contribution in [0.1, 0.15) is 12.5 Å². The van der Waals surface area contributed by atoms with Crippen LogP contribution in [0.15, 0.2) is 30.3 Å². The Morgan fingerprint density at radius 2 is 2.06 bits per heavy atom. The highest BCUT2D eigenvalue weighted by molar-refractivity contribution is 5.78. The maximum atomic E-state index is 11.2. The van der Waals surface area contributed by atoms with Crippen LogP contribution in [0.25, 0.3) is 0 Å². The van der Waals surface area contributed by atoms with Gasteiger partial charge >= 0.3 is 5.97 Å². The molecular formula is C12H17NO3. The van der Waals surface area contributed by atoms with Crippen molar-refractivity contribution in [3.63, 3.8) is 0 Å². The summed E-state index contributed by atoms with van der Waals surface area (Å²) < 4.78 is 4.49. The Hall–Kier alpha value is -1.39. The molecule has 1 aromatic carbocycles. The molecule has 1 aromatic rings. The van der Waals surface area contributed by atoms with Gasteiger partial charge in [-0.25, -0.2) is 4.79 Å². The van der Waals surface area contributed by atoms with E-state index in [4.69, 9.17) is 0 Å². The van der Waals surface area contributed by atoms with E-state index in [0.717, 1.165) is 5.56 Å². The van der Waals surface area contributed by atoms with E-state index >= 15 is 0 Å². The molecule has 0 spiro atoms. The summed E-state index contributed by atoms with van der Waals surface area (Å²) in [7, 11) is 1.26. The van der Waals surface area contributed by atoms with Gasteiger partial charge in [0, 0.05) is 13.1 Å². The van der Waals surface area contributed by atoms with E-state index in [9.17, 15) is 9.90 Å². The Balaban J connectivity index is 2.38. The molecule has 0 saturated heterocycles. The van der Waals surface area contributed by atoms with Crippen LogP contribution in [0, 0.1) is 0 Å². The zero-order valence-electron chi connectivity index (χ0n) is 9.56. The van der Waals surface area contributed by atoms with Crippen LogP contribution in [0.2, 0.25) is 0 Å². The molecule has 88 valence electrons. The molecule has 16 heavy (non-hydrogen) atoms. The molecule has 0 saturated carbocycles. The lowest BCUT2D eigenvalue weighted by atomic mass is 10.1. The van der Waals surface area contributed by atoms with E-state index in [2.05, 4.69) is 10.1 Å². The Kier molecular flexibility index (Phi) is 4.46. The topological polar surface area (TPSA) is 58.6 Å². The largest absolute Gasteiger partial charge is 0.467 e. The molecule has 1 rings (SSSR count). The minimum Gasteiger partial charge on any atom is -0.467 e. The number of methoxy groups -OCH3 is 1. The SMILES string of the molecule is COC(=O)C(C)(O)CNCc1ccccc1. The van der Waals surface area contributed by atoms with Gasteiger partial charge in [0.1, 0.15) is 0 Å². The Labute approximate surface area is 95.2 Å². The third-order valence-electron chi connectivity index (χ3n) is 2.27. The molecule has 2 N–H and O–H groups in total. The molecule has 4 heteroatoms. The Morgan fingerprint density at radius 1 is 1.44 bits per heavy atom. The number of rotatable bonds is 5. The van der Waals surface area contributed by atoms with Crippen LogP contribution < -0.4 is 5.32 Å². The lowest BCUT2D eigenvalue weighted by molar-refractivity contribution is -0.159. The predicted molar refractivity (Wildman–Crippen MR) is 60.8 cm³/mol. The maximum Gasteiger partial charge on any atom is 0.338 e. The number of hydrogen-bond donors (Lipinski definition) is 2. The molecule has 0 radical (unpaired) electrons. The lowest BCUT2D eigenvalue weighted by Gasteiger charge is -2.20. The standard InChI is InChI=1S/C12H17NO3/c1-12(15,11(14)16-2)9-13-8-10-6-4-3-5-7-10/h3-7,13,15H,8-9H2,1-2H3. The van der Waals surface area contributed by atoms with Crippen molar-refractivity contribution in [1.82, 2.24) is 5.32 Å². The highest BCUT2D eigenvalue weighted by Crippen LogP contribution is 2.04. The summed E-state index contributed by atoms with van der Waals surface area (Å²) in [6, 6.07) is 9.76. The van der Waals surface area contributed by atoms with E-state index in [1.54, 1.807) is 0 Å². The van der Waals surface area contributed by atoms with E-state index < -0.39 is 11.6 Å². The van der Waals surface area contributed by atoms with Crippen molar-refractivity contribution in [3.05, 3.63) is 35.9 Å². The zero-order chi connectivity index (χ0) is 12.0. The molecule has 0 fully saturated rings. The first-order valence-corrected chi connectivity index (χ1v) is 5.12. The predicted octanol–water partition coefficient (Wildman–Crippen LogP) is 0.700. The van der Waals surface area contributed by atoms with Gasteiger partial charge in [-0.2, -0.15) is 0 Å². The van der Waals surface area contributed by atoms with Crippen LogP contribution in [-0.4, -0.2) is 30.3 Å². The summed E-state index contributed by atoms with van der Waals surface area (Å²) >= 11 is 0. The van der Waals surface area contributed by atoms with Crippen molar-refractivity contribution in [2.24, 2.45) is 0 Å². The molecule has 0 amide bonds. The molecule has 1 atom stereocenters. The number of nitrogens with one attached hydrogen (secondary N) is 1. The van der Waals surface area contributed by atoms with E-state index in [1.165, 1.54) is 14.0 Å². The van der Waals surface area contributed by atoms with Crippen LogP contribution >= 0.6 is 0 Å². The second kappa shape index (κ2) is 5.63. The van der Waals surface area contributed by atoms with Crippen molar-refractivity contribution in [1.29, 1.82) is 0 Å². The summed E-state index contributed by atoms with van der Waals surface area (Å²) in [6.45, 7) is 2.19. The number of esters is 1. The number of hydrogen-bond acceptors (Lipinski definition) is 4. The first-order chi connectivity index (χ1) is 7.56. The van der Waals surface area contributed by atoms with Crippen molar-refractivity contribution in [2.75, 3.05) is 13.7 Å². The molecule has 0 aromatic heterocycles. The fraction of sp³-hybridized carbons (Fsp3) is 0.417. The monoisotopic (exact) mass is 223 g/mol. The van der Waals surface area contributed by atoms with Gasteiger partial charge in [-0.3, -0.25) is 0 Å². The second-order valence-electron chi connectivity index (χ2n) is 3.85. The second-order valence-corrected chi connectivity index (χ2v) is 3.85. The fourth-order valence-electron chi connectivity index (χ4n) is 1.34. The van der Waals surface area contributed by atoms with Gasteiger partial charge in [-0.05, 0) is 12.5 Å². The molecule has 0 aliphatic heterocycles. The molecule has 4 nitrogen and oxygen atoms in total. The summed E-state index contributed by atoms with van der Waals surface area (Å²) in [5.41, 5.74) is -0.382. The van der Waals surface area contributed by atoms with Crippen LogP contribution in [0.5, 0.6) is 0 Å². The van der Waals surface area contributed by atoms with Gasteiger partial charge in [-0.15, -0.1) is 0 Å². The fourth-order valence-corrected chi connectivity index (χ4v) is 1.34. The Morgan fingerprint density at radius 3 is 2.62 bits per heavy atom. The minimum absolute atomic E-state index is 0.161. The molecule has 0 bridgehead atoms. The molecule has 0 aliphatic rings. The molecule has 1 unspecified atom stereocenters. The minimum atomic E-state index is -1.48. The van der Waals surface area contributed by atoms with Gasteiger partial charge in [0.2, 0.25) is 0 Å². The number of benzene rings is 1. The summed E-state index contributed by atoms with van der Waals surface area (Å²) in [5.74, 6) is -0.631. The quantitative estimate of drug-likeness (QED) is 0.721. The third kappa shape index (κ3) is 3.64. The van der Waals surface area contributed by atoms with Crippen LogP contribution in [0.3, 0.4) is 0 Å². The van der Waals surface area contributed by atoms with Gasteiger partial charge in [0.15, 0.2) is 5.60 Å². The maximum absolute atomic E-state index is 11.2. The van der Waals surface area contributed by atoms with Crippen LogP contribution in [-0.2, 0) is 16.1 Å². The van der Waals surface area contributed by atoms with E-state index in [1.807, 2.05) is 30.3 Å². The average molecular weight is 223 g/mol. The van der Waals surface area contributed by atoms with Crippen molar-refractivity contribution in [3.8, 4) is 0 Å². The zero-order valence-corrected chi connectivity index (χ0v) is 9.56. The lowest BCUT2D eigenvalue weighted by Crippen LogP contribution is -2.45. The van der Waals surface area contributed by atoms with Crippen molar-refractivity contribution >= 4 is 5.97 Å². The van der Waals surface area contributed by atoms with Crippen LogP contribution in [0.4, 0.5) is 0 Å². The van der Waals surface area contributed by atoms with Crippen molar-refractivity contribution in [2.45, 2.75) is 19.1 Å². The molecular weight excluding hydrogens is 206 g/mol. The molecule has 0 aliphatic carbocycles. The normalized spacial score (nSPS) is 14.2. The Bertz CT molecular complexity index is 335. The van der Waals surface area contributed by atoms with E-state index in [-0.39, 0.29) is 6.54 Å². The summed E-state index contributed by atoms with van der Waals surface area (Å²) in [4.78, 5) is 11.2. The number of ether oxygens (including phenoxy) is 1. The number of carbonyl (C=O) groups is 1.